The SMILES string of the molecule is CCCN(CCC)C(=O)C1=Cc2ccc(C(=O)Nc3cnc4c(c3)CN(Cc3ccc(C(=O)NCC(F)(F)CNC(=O)O)cc3)CC4)cc2N=C(N)C1. The Balaban J connectivity index is 1.19. The number of halogens is 2. The molecule has 280 valence electrons. The lowest BCUT2D eigenvalue weighted by atomic mass is 10.0. The molecule has 2 aliphatic rings. The minimum Gasteiger partial charge on any atom is -0.465 e. The Kier molecular flexibility index (Phi) is 12.5. The van der Waals surface area contributed by atoms with Crippen molar-refractivity contribution in [3.8, 4) is 0 Å². The van der Waals surface area contributed by atoms with Crippen LogP contribution in [0.5, 0.6) is 0 Å². The Labute approximate surface area is 306 Å². The van der Waals surface area contributed by atoms with Crippen LogP contribution in [0, 0.1) is 0 Å². The van der Waals surface area contributed by atoms with E-state index in [4.69, 9.17) is 10.8 Å². The smallest absolute Gasteiger partial charge is 0.404 e. The number of rotatable bonds is 14. The molecule has 6 N–H and O–H groups in total. The molecular weight excluding hydrogens is 686 g/mol. The minimum atomic E-state index is -3.43. The number of carbonyl (C=O) groups is 4. The first-order chi connectivity index (χ1) is 25.3. The molecule has 5 rings (SSSR count). The number of alkyl halides is 2. The van der Waals surface area contributed by atoms with E-state index in [9.17, 15) is 28.0 Å². The van der Waals surface area contributed by atoms with Gasteiger partial charge in [-0.15, -0.1) is 0 Å². The van der Waals surface area contributed by atoms with E-state index in [1.807, 2.05) is 30.9 Å². The second-order valence-electron chi connectivity index (χ2n) is 13.2. The third kappa shape index (κ3) is 10.4. The maximum absolute atomic E-state index is 13.8. The summed E-state index contributed by atoms with van der Waals surface area (Å²) in [4.78, 5) is 62.7. The maximum Gasteiger partial charge on any atom is 0.404 e. The Hall–Kier alpha value is -5.70. The third-order valence-electron chi connectivity index (χ3n) is 8.81. The van der Waals surface area contributed by atoms with Gasteiger partial charge in [0.05, 0.1) is 30.7 Å². The first-order valence-corrected chi connectivity index (χ1v) is 17.5. The lowest BCUT2D eigenvalue weighted by molar-refractivity contribution is -0.127. The van der Waals surface area contributed by atoms with Gasteiger partial charge in [-0.25, -0.2) is 18.6 Å². The zero-order chi connectivity index (χ0) is 38.1. The van der Waals surface area contributed by atoms with Crippen molar-refractivity contribution in [2.75, 3.05) is 38.0 Å². The van der Waals surface area contributed by atoms with Crippen LogP contribution < -0.4 is 21.7 Å². The van der Waals surface area contributed by atoms with Crippen LogP contribution in [-0.4, -0.2) is 88.2 Å². The number of fused-ring (bicyclic) bond motifs is 2. The fraction of sp³-hybridized carbons (Fsp3) is 0.368. The molecule has 0 bridgehead atoms. The number of amides is 4. The summed E-state index contributed by atoms with van der Waals surface area (Å²) < 4.78 is 27.7. The number of hydrogen-bond donors (Lipinski definition) is 5. The first kappa shape index (κ1) is 38.5. The van der Waals surface area contributed by atoms with Gasteiger partial charge in [0.15, 0.2) is 0 Å². The molecule has 0 atom stereocenters. The Morgan fingerprint density at radius 2 is 1.66 bits per heavy atom. The van der Waals surface area contributed by atoms with E-state index in [0.717, 1.165) is 36.2 Å². The van der Waals surface area contributed by atoms with Gasteiger partial charge in [-0.05, 0) is 60.4 Å². The van der Waals surface area contributed by atoms with Crippen LogP contribution in [0.4, 0.5) is 25.0 Å². The van der Waals surface area contributed by atoms with Gasteiger partial charge in [0, 0.05) is 73.5 Å². The Morgan fingerprint density at radius 1 is 0.962 bits per heavy atom. The molecule has 13 nitrogen and oxygen atoms in total. The van der Waals surface area contributed by atoms with E-state index in [2.05, 4.69) is 25.5 Å². The number of hydrogen-bond acceptors (Lipinski definition) is 8. The van der Waals surface area contributed by atoms with Crippen LogP contribution in [0.2, 0.25) is 0 Å². The van der Waals surface area contributed by atoms with Crippen molar-refractivity contribution in [1.29, 1.82) is 0 Å². The summed E-state index contributed by atoms with van der Waals surface area (Å²) in [7, 11) is 0. The van der Waals surface area contributed by atoms with Crippen molar-refractivity contribution in [2.45, 2.75) is 58.5 Å². The van der Waals surface area contributed by atoms with E-state index in [1.165, 1.54) is 0 Å². The monoisotopic (exact) mass is 730 g/mol. The van der Waals surface area contributed by atoms with Gasteiger partial charge in [-0.2, -0.15) is 0 Å². The highest BCUT2D eigenvalue weighted by atomic mass is 19.3. The average Bonchev–Trinajstić information content (AvgIpc) is 3.30. The topological polar surface area (TPSA) is 182 Å². The summed E-state index contributed by atoms with van der Waals surface area (Å²) >= 11 is 0. The molecule has 2 aromatic carbocycles. The highest BCUT2D eigenvalue weighted by Gasteiger charge is 2.30. The van der Waals surface area contributed by atoms with Crippen molar-refractivity contribution in [1.82, 2.24) is 25.4 Å². The fourth-order valence-electron chi connectivity index (χ4n) is 6.22. The Bertz CT molecular complexity index is 1910. The average molecular weight is 731 g/mol. The van der Waals surface area contributed by atoms with Crippen LogP contribution in [0.15, 0.2) is 65.3 Å². The summed E-state index contributed by atoms with van der Waals surface area (Å²) in [6, 6.07) is 13.6. The number of aromatic nitrogens is 1. The lowest BCUT2D eigenvalue weighted by Gasteiger charge is -2.28. The molecule has 0 radical (unpaired) electrons. The van der Waals surface area contributed by atoms with E-state index in [-0.39, 0.29) is 23.8 Å². The summed E-state index contributed by atoms with van der Waals surface area (Å²) in [5.41, 5.74) is 11.9. The van der Waals surface area contributed by atoms with E-state index >= 15 is 0 Å². The van der Waals surface area contributed by atoms with E-state index in [0.29, 0.717) is 66.5 Å². The maximum atomic E-state index is 13.8. The zero-order valence-electron chi connectivity index (χ0n) is 29.8. The number of amidine groups is 1. The van der Waals surface area contributed by atoms with Crippen LogP contribution in [0.25, 0.3) is 6.08 Å². The molecule has 0 fully saturated rings. The van der Waals surface area contributed by atoms with Gasteiger partial charge in [-0.3, -0.25) is 24.3 Å². The molecule has 15 heteroatoms. The summed E-state index contributed by atoms with van der Waals surface area (Å²) in [5.74, 6) is -4.23. The number of carboxylic acid groups (broad SMARTS) is 1. The van der Waals surface area contributed by atoms with Crippen LogP contribution in [0.3, 0.4) is 0 Å². The molecule has 0 aliphatic carbocycles. The standard InChI is InChI=1S/C38H44F2N8O5/c1-3-12-48(13-4-2)36(51)28-15-26-9-10-27(17-32(26)46-33(41)18-28)35(50)45-30-16-29-21-47(14-11-31(29)42-19-30)20-24-5-7-25(8-6-24)34(49)43-22-38(39,40)23-44-37(52)53/h5-10,15-17,19,44H,3-4,11-14,18,20-23H2,1-2H3,(H2,41,46)(H,43,49)(H,45,50)(H,52,53). The van der Waals surface area contributed by atoms with Gasteiger partial charge < -0.3 is 31.7 Å². The number of anilines is 1. The minimum absolute atomic E-state index is 0.0586. The second kappa shape index (κ2) is 17.2. The lowest BCUT2D eigenvalue weighted by Crippen LogP contribution is -2.44. The van der Waals surface area contributed by atoms with Crippen molar-refractivity contribution in [2.24, 2.45) is 10.7 Å². The normalized spacial score (nSPS) is 14.1. The van der Waals surface area contributed by atoms with Gasteiger partial charge in [0.2, 0.25) is 5.91 Å². The number of nitrogens with two attached hydrogens (primary N) is 1. The van der Waals surface area contributed by atoms with Crippen LogP contribution >= 0.6 is 0 Å². The van der Waals surface area contributed by atoms with Gasteiger partial charge in [-0.1, -0.05) is 32.0 Å². The molecule has 0 spiro atoms. The van der Waals surface area contributed by atoms with Crippen LogP contribution in [-0.2, 0) is 24.3 Å². The van der Waals surface area contributed by atoms with E-state index in [1.54, 1.807) is 54.0 Å². The molecule has 0 saturated carbocycles. The van der Waals surface area contributed by atoms with Gasteiger partial charge in [0.1, 0.15) is 5.84 Å². The van der Waals surface area contributed by atoms with Gasteiger partial charge >= 0.3 is 6.09 Å². The summed E-state index contributed by atoms with van der Waals surface area (Å²) in [6.07, 6.45) is 4.49. The van der Waals surface area contributed by atoms with Crippen LogP contribution in [0.1, 0.15) is 76.2 Å². The van der Waals surface area contributed by atoms with Crippen molar-refractivity contribution in [3.05, 3.63) is 93.8 Å². The molecule has 3 heterocycles. The van der Waals surface area contributed by atoms with Crippen molar-refractivity contribution < 1.29 is 33.1 Å². The predicted molar refractivity (Wildman–Crippen MR) is 197 cm³/mol. The molecule has 3 aromatic rings. The first-order valence-electron chi connectivity index (χ1n) is 17.5. The summed E-state index contributed by atoms with van der Waals surface area (Å²) in [5, 5.41) is 15.2. The number of nitrogens with one attached hydrogen (secondary N) is 3. The third-order valence-corrected chi connectivity index (χ3v) is 8.81. The van der Waals surface area contributed by atoms with Crippen molar-refractivity contribution in [3.63, 3.8) is 0 Å². The highest BCUT2D eigenvalue weighted by molar-refractivity contribution is 6.08. The summed E-state index contributed by atoms with van der Waals surface area (Å²) in [6.45, 7) is 5.15. The second-order valence-corrected chi connectivity index (χ2v) is 13.2. The molecular formula is C38H44F2N8O5. The quantitative estimate of drug-likeness (QED) is 0.154. The molecule has 53 heavy (non-hydrogen) atoms. The molecule has 1 aromatic heterocycles. The largest absolute Gasteiger partial charge is 0.465 e. The number of pyridine rings is 1. The number of aliphatic imine (C=N–C) groups is 1. The fourth-order valence-corrected chi connectivity index (χ4v) is 6.22. The Morgan fingerprint density at radius 3 is 2.36 bits per heavy atom. The number of benzene rings is 2. The number of carbonyl (C=O) groups excluding carboxylic acids is 3. The molecule has 2 aliphatic heterocycles. The molecule has 4 amide bonds. The van der Waals surface area contributed by atoms with Gasteiger partial charge in [0.25, 0.3) is 17.7 Å². The predicted octanol–water partition coefficient (Wildman–Crippen LogP) is 4.95. The number of nitrogens with zero attached hydrogens (tertiary/aromatic N) is 4. The van der Waals surface area contributed by atoms with Crippen molar-refractivity contribution >= 4 is 47.1 Å². The molecule has 0 unspecified atom stereocenters. The van der Waals surface area contributed by atoms with E-state index < -0.39 is 31.0 Å². The zero-order valence-corrected chi connectivity index (χ0v) is 29.8. The highest BCUT2D eigenvalue weighted by Crippen LogP contribution is 2.29. The molecule has 0 saturated heterocycles.